The molecule has 0 saturated carbocycles. The van der Waals surface area contributed by atoms with Gasteiger partial charge >= 0.3 is 0 Å². The van der Waals surface area contributed by atoms with Crippen LogP contribution in [-0.4, -0.2) is 36.7 Å². The van der Waals surface area contributed by atoms with Crippen molar-refractivity contribution in [3.63, 3.8) is 0 Å². The molecule has 3 aromatic rings. The molecule has 162 valence electrons. The van der Waals surface area contributed by atoms with Crippen LogP contribution >= 0.6 is 11.3 Å². The van der Waals surface area contributed by atoms with Gasteiger partial charge in [-0.2, -0.15) is 4.31 Å². The summed E-state index contributed by atoms with van der Waals surface area (Å²) in [4.78, 5) is 17.3. The van der Waals surface area contributed by atoms with Crippen LogP contribution in [0.5, 0.6) is 0 Å². The molecule has 1 saturated heterocycles. The molecule has 31 heavy (non-hydrogen) atoms. The van der Waals surface area contributed by atoms with E-state index in [2.05, 4.69) is 22.4 Å². The number of nitrogens with zero attached hydrogens (tertiary/aromatic N) is 2. The summed E-state index contributed by atoms with van der Waals surface area (Å²) in [6.45, 7) is 4.72. The Morgan fingerprint density at radius 3 is 2.58 bits per heavy atom. The second-order valence-electron chi connectivity index (χ2n) is 7.87. The number of piperidine rings is 1. The number of rotatable bonds is 5. The molecule has 2 aromatic carbocycles. The van der Waals surface area contributed by atoms with Gasteiger partial charge in [-0.1, -0.05) is 47.7 Å². The number of carbonyl (C=O) groups excluding carboxylic acids is 1. The Bertz CT molecular complexity index is 1230. The summed E-state index contributed by atoms with van der Waals surface area (Å²) in [5, 5.41) is 4.77. The molecule has 0 radical (unpaired) electrons. The number of hydrogen-bond acceptors (Lipinski definition) is 5. The highest BCUT2D eigenvalue weighted by molar-refractivity contribution is 7.92. The number of fused-ring (bicyclic) bond motifs is 1. The summed E-state index contributed by atoms with van der Waals surface area (Å²) in [6.07, 6.45) is 2.59. The first-order chi connectivity index (χ1) is 14.8. The maximum atomic E-state index is 12.7. The lowest BCUT2D eigenvalue weighted by molar-refractivity contribution is -0.120. The minimum absolute atomic E-state index is 0.0923. The zero-order valence-electron chi connectivity index (χ0n) is 17.5. The number of sulfonamides is 1. The lowest BCUT2D eigenvalue weighted by Gasteiger charge is -2.29. The number of aryl methyl sites for hydroxylation is 2. The van der Waals surface area contributed by atoms with Crippen molar-refractivity contribution >= 4 is 48.7 Å². The summed E-state index contributed by atoms with van der Waals surface area (Å²) in [5.41, 5.74) is 4.01. The third-order valence-corrected chi connectivity index (χ3v) is 7.96. The maximum Gasteiger partial charge on any atom is 0.236 e. The van der Waals surface area contributed by atoms with Crippen LogP contribution in [0.1, 0.15) is 29.5 Å². The Labute approximate surface area is 186 Å². The molecule has 0 aliphatic carbocycles. The normalized spacial score (nSPS) is 16.2. The van der Waals surface area contributed by atoms with E-state index >= 15 is 0 Å². The monoisotopic (exact) mass is 455 g/mol. The number of benzene rings is 2. The molecule has 1 fully saturated rings. The fourth-order valence-corrected chi connectivity index (χ4v) is 6.08. The molecule has 1 aromatic heterocycles. The number of aromatic nitrogens is 1. The second-order valence-corrected chi connectivity index (χ2v) is 10.7. The summed E-state index contributed by atoms with van der Waals surface area (Å²) >= 11 is 1.47. The van der Waals surface area contributed by atoms with E-state index in [1.165, 1.54) is 26.6 Å². The molecule has 0 unspecified atom stereocenters. The highest BCUT2D eigenvalue weighted by atomic mass is 32.2. The van der Waals surface area contributed by atoms with Gasteiger partial charge < -0.3 is 5.32 Å². The third-order valence-electron chi connectivity index (χ3n) is 5.48. The van der Waals surface area contributed by atoms with Crippen LogP contribution in [0.2, 0.25) is 0 Å². The van der Waals surface area contributed by atoms with E-state index in [1.807, 2.05) is 44.2 Å². The molecule has 1 aliphatic rings. The standard InChI is InChI=1S/C23H25N3O3S2/c1-16-14-17(2)21-20(15-16)30-23(24-21)25-22(27)19-8-11-26(12-9-19)31(28,29)13-10-18-6-4-3-5-7-18/h3-7,10,13-15,19H,8-9,11-12H2,1-2H3,(H,24,25,27). The van der Waals surface area contributed by atoms with E-state index in [-0.39, 0.29) is 11.8 Å². The van der Waals surface area contributed by atoms with Crippen LogP contribution in [0.4, 0.5) is 5.13 Å². The van der Waals surface area contributed by atoms with Gasteiger partial charge in [0, 0.05) is 24.4 Å². The minimum atomic E-state index is -3.50. The first-order valence-corrected chi connectivity index (χ1v) is 12.6. The third kappa shape index (κ3) is 5.03. The van der Waals surface area contributed by atoms with Crippen molar-refractivity contribution in [3.8, 4) is 0 Å². The van der Waals surface area contributed by atoms with Crippen LogP contribution in [-0.2, 0) is 14.8 Å². The highest BCUT2D eigenvalue weighted by Gasteiger charge is 2.30. The Kier molecular flexibility index (Phi) is 6.22. The number of thiazole rings is 1. The van der Waals surface area contributed by atoms with E-state index in [9.17, 15) is 13.2 Å². The zero-order chi connectivity index (χ0) is 22.0. The van der Waals surface area contributed by atoms with Gasteiger partial charge in [-0.15, -0.1) is 0 Å². The van der Waals surface area contributed by atoms with Gasteiger partial charge in [0.2, 0.25) is 15.9 Å². The first-order valence-electron chi connectivity index (χ1n) is 10.2. The molecule has 6 nitrogen and oxygen atoms in total. The van der Waals surface area contributed by atoms with Gasteiger partial charge in [0.25, 0.3) is 0 Å². The first kappa shape index (κ1) is 21.7. The molecular weight excluding hydrogens is 430 g/mol. The van der Waals surface area contributed by atoms with E-state index in [0.717, 1.165) is 21.3 Å². The van der Waals surface area contributed by atoms with Crippen LogP contribution < -0.4 is 5.32 Å². The fourth-order valence-electron chi connectivity index (χ4n) is 3.82. The van der Waals surface area contributed by atoms with E-state index in [1.54, 1.807) is 6.08 Å². The average Bonchev–Trinajstić information content (AvgIpc) is 3.16. The van der Waals surface area contributed by atoms with Crippen LogP contribution in [0.25, 0.3) is 16.3 Å². The van der Waals surface area contributed by atoms with Crippen molar-refractivity contribution in [3.05, 3.63) is 64.6 Å². The molecule has 4 rings (SSSR count). The van der Waals surface area contributed by atoms with Gasteiger partial charge in [-0.05, 0) is 55.5 Å². The summed E-state index contributed by atoms with van der Waals surface area (Å²) in [6, 6.07) is 13.5. The molecule has 1 amide bonds. The SMILES string of the molecule is Cc1cc(C)c2nc(NC(=O)C3CCN(S(=O)(=O)C=Cc4ccccc4)CC3)sc2c1. The Morgan fingerprint density at radius 2 is 1.87 bits per heavy atom. The molecule has 0 bridgehead atoms. The molecule has 8 heteroatoms. The van der Waals surface area contributed by atoms with Crippen LogP contribution in [0.3, 0.4) is 0 Å². The van der Waals surface area contributed by atoms with Crippen molar-refractivity contribution in [1.82, 2.24) is 9.29 Å². The molecule has 1 N–H and O–H groups in total. The lowest BCUT2D eigenvalue weighted by atomic mass is 9.97. The van der Waals surface area contributed by atoms with Crippen molar-refractivity contribution in [2.24, 2.45) is 5.92 Å². The smallest absolute Gasteiger partial charge is 0.236 e. The van der Waals surface area contributed by atoms with E-state index < -0.39 is 10.0 Å². The average molecular weight is 456 g/mol. The predicted octanol–water partition coefficient (Wildman–Crippen LogP) is 4.56. The molecule has 0 atom stereocenters. The van der Waals surface area contributed by atoms with Gasteiger partial charge in [0.15, 0.2) is 5.13 Å². The number of carbonyl (C=O) groups is 1. The second kappa shape index (κ2) is 8.90. The number of anilines is 1. The molecule has 2 heterocycles. The topological polar surface area (TPSA) is 79.4 Å². The highest BCUT2D eigenvalue weighted by Crippen LogP contribution is 2.30. The summed E-state index contributed by atoms with van der Waals surface area (Å²) in [5.74, 6) is -0.315. The van der Waals surface area contributed by atoms with Gasteiger partial charge in [-0.25, -0.2) is 13.4 Å². The van der Waals surface area contributed by atoms with Crippen LogP contribution in [0, 0.1) is 19.8 Å². The zero-order valence-corrected chi connectivity index (χ0v) is 19.2. The number of nitrogens with one attached hydrogen (secondary N) is 1. The van der Waals surface area contributed by atoms with Crippen molar-refractivity contribution in [2.75, 3.05) is 18.4 Å². The van der Waals surface area contributed by atoms with E-state index in [4.69, 9.17) is 0 Å². The summed E-state index contributed by atoms with van der Waals surface area (Å²) in [7, 11) is -3.50. The number of amides is 1. The van der Waals surface area contributed by atoms with Gasteiger partial charge in [-0.3, -0.25) is 4.79 Å². The van der Waals surface area contributed by atoms with Gasteiger partial charge in [0.1, 0.15) is 0 Å². The van der Waals surface area contributed by atoms with E-state index in [0.29, 0.717) is 31.1 Å². The van der Waals surface area contributed by atoms with Gasteiger partial charge in [0.05, 0.1) is 10.2 Å². The maximum absolute atomic E-state index is 12.7. The van der Waals surface area contributed by atoms with Crippen molar-refractivity contribution in [1.29, 1.82) is 0 Å². The largest absolute Gasteiger partial charge is 0.302 e. The Hall–Kier alpha value is -2.55. The summed E-state index contributed by atoms with van der Waals surface area (Å²) < 4.78 is 27.7. The molecular formula is C23H25N3O3S2. The minimum Gasteiger partial charge on any atom is -0.302 e. The van der Waals surface area contributed by atoms with Crippen molar-refractivity contribution in [2.45, 2.75) is 26.7 Å². The predicted molar refractivity (Wildman–Crippen MR) is 126 cm³/mol. The number of hydrogen-bond donors (Lipinski definition) is 1. The molecule has 0 spiro atoms. The Balaban J connectivity index is 1.36. The fraction of sp³-hybridized carbons (Fsp3) is 0.304. The molecule has 1 aliphatic heterocycles. The van der Waals surface area contributed by atoms with Crippen molar-refractivity contribution < 1.29 is 13.2 Å². The van der Waals surface area contributed by atoms with Crippen LogP contribution in [0.15, 0.2) is 47.9 Å². The lowest BCUT2D eigenvalue weighted by Crippen LogP contribution is -2.40. The quantitative estimate of drug-likeness (QED) is 0.611. The Morgan fingerprint density at radius 1 is 1.16 bits per heavy atom.